The summed E-state index contributed by atoms with van der Waals surface area (Å²) in [5, 5.41) is 2.80. The van der Waals surface area contributed by atoms with Crippen molar-refractivity contribution in [3.8, 4) is 11.1 Å². The highest BCUT2D eigenvalue weighted by Gasteiger charge is 2.33. The fourth-order valence-corrected chi connectivity index (χ4v) is 3.07. The van der Waals surface area contributed by atoms with Crippen molar-refractivity contribution < 1.29 is 18.0 Å². The zero-order valence-electron chi connectivity index (χ0n) is 15.8. The Balaban J connectivity index is 1.88. The van der Waals surface area contributed by atoms with Gasteiger partial charge in [-0.25, -0.2) is 0 Å². The molecule has 0 saturated heterocycles. The highest BCUT2D eigenvalue weighted by Crippen LogP contribution is 2.37. The number of benzene rings is 3. The number of aryl methyl sites for hydroxylation is 2. The van der Waals surface area contributed by atoms with Crippen LogP contribution in [0.15, 0.2) is 60.7 Å². The molecule has 0 aliphatic heterocycles. The van der Waals surface area contributed by atoms with Gasteiger partial charge in [0.15, 0.2) is 0 Å². The van der Waals surface area contributed by atoms with Crippen LogP contribution in [0, 0.1) is 20.8 Å². The molecular weight excluding hydrogens is 363 g/mol. The topological polar surface area (TPSA) is 29.1 Å². The van der Waals surface area contributed by atoms with Gasteiger partial charge in [-0.15, -0.1) is 0 Å². The second-order valence-electron chi connectivity index (χ2n) is 6.83. The minimum atomic E-state index is -4.43. The van der Waals surface area contributed by atoms with Crippen LogP contribution >= 0.6 is 0 Å². The molecule has 0 fully saturated rings. The number of carbonyl (C=O) groups is 1. The molecular formula is C23H20F3NO. The molecule has 3 aromatic carbocycles. The number of anilines is 1. The number of halogens is 3. The summed E-state index contributed by atoms with van der Waals surface area (Å²) in [6.07, 6.45) is -4.43. The molecule has 0 heterocycles. The molecule has 1 N–H and O–H groups in total. The number of carbonyl (C=O) groups excluding carboxylic acids is 1. The lowest BCUT2D eigenvalue weighted by Gasteiger charge is -2.14. The summed E-state index contributed by atoms with van der Waals surface area (Å²) in [5.74, 6) is -0.250. The first kappa shape index (κ1) is 19.7. The van der Waals surface area contributed by atoms with E-state index in [-0.39, 0.29) is 11.5 Å². The van der Waals surface area contributed by atoms with Crippen LogP contribution in [0.1, 0.15) is 32.6 Å². The van der Waals surface area contributed by atoms with E-state index in [1.54, 1.807) is 37.3 Å². The molecule has 3 rings (SSSR count). The Morgan fingerprint density at radius 3 is 2.21 bits per heavy atom. The molecule has 2 nitrogen and oxygen atoms in total. The van der Waals surface area contributed by atoms with Crippen molar-refractivity contribution in [2.75, 3.05) is 5.32 Å². The monoisotopic (exact) mass is 383 g/mol. The van der Waals surface area contributed by atoms with Gasteiger partial charge in [0, 0.05) is 11.3 Å². The van der Waals surface area contributed by atoms with Gasteiger partial charge in [0.05, 0.1) is 5.56 Å². The van der Waals surface area contributed by atoms with Gasteiger partial charge in [0.2, 0.25) is 0 Å². The standard InChI is InChI=1S/C23H20F3NO/c1-14-7-12-21(23(24,25)26)20(13-14)17-8-10-18(11-9-17)27-22(28)19-6-4-5-15(2)16(19)3/h4-13H,1-3H3,(H,27,28). The molecule has 0 radical (unpaired) electrons. The highest BCUT2D eigenvalue weighted by molar-refractivity contribution is 6.05. The molecule has 5 heteroatoms. The van der Waals surface area contributed by atoms with Crippen molar-refractivity contribution in [3.05, 3.63) is 88.5 Å². The Morgan fingerprint density at radius 2 is 1.57 bits per heavy atom. The maximum atomic E-state index is 13.3. The first-order valence-electron chi connectivity index (χ1n) is 8.82. The molecule has 0 saturated carbocycles. The Bertz CT molecular complexity index is 1020. The normalized spacial score (nSPS) is 11.4. The predicted octanol–water partition coefficient (Wildman–Crippen LogP) is 6.55. The zero-order chi connectivity index (χ0) is 20.5. The highest BCUT2D eigenvalue weighted by atomic mass is 19.4. The number of hydrogen-bond donors (Lipinski definition) is 1. The summed E-state index contributed by atoms with van der Waals surface area (Å²) in [6.45, 7) is 5.56. The van der Waals surface area contributed by atoms with Crippen molar-refractivity contribution in [2.24, 2.45) is 0 Å². The fourth-order valence-electron chi connectivity index (χ4n) is 3.07. The van der Waals surface area contributed by atoms with E-state index < -0.39 is 11.7 Å². The number of nitrogens with one attached hydrogen (secondary N) is 1. The molecule has 0 bridgehead atoms. The molecule has 0 aliphatic carbocycles. The van der Waals surface area contributed by atoms with Crippen LogP contribution in [-0.4, -0.2) is 5.91 Å². The van der Waals surface area contributed by atoms with Crippen molar-refractivity contribution >= 4 is 11.6 Å². The lowest BCUT2D eigenvalue weighted by Crippen LogP contribution is -2.13. The van der Waals surface area contributed by atoms with Gasteiger partial charge in [-0.3, -0.25) is 4.79 Å². The summed E-state index contributed by atoms with van der Waals surface area (Å²) in [4.78, 5) is 12.5. The van der Waals surface area contributed by atoms with Crippen LogP contribution < -0.4 is 5.32 Å². The zero-order valence-corrected chi connectivity index (χ0v) is 15.8. The largest absolute Gasteiger partial charge is 0.417 e. The van der Waals surface area contributed by atoms with Crippen LogP contribution in [0.25, 0.3) is 11.1 Å². The van der Waals surface area contributed by atoms with Crippen LogP contribution in [0.3, 0.4) is 0 Å². The average molecular weight is 383 g/mol. The lowest BCUT2D eigenvalue weighted by atomic mass is 9.97. The smallest absolute Gasteiger partial charge is 0.322 e. The van der Waals surface area contributed by atoms with E-state index in [0.29, 0.717) is 16.8 Å². The van der Waals surface area contributed by atoms with E-state index in [1.807, 2.05) is 26.0 Å². The number of rotatable bonds is 3. The van der Waals surface area contributed by atoms with Crippen molar-refractivity contribution in [1.82, 2.24) is 0 Å². The van der Waals surface area contributed by atoms with Crippen LogP contribution in [0.2, 0.25) is 0 Å². The van der Waals surface area contributed by atoms with Gasteiger partial charge in [-0.1, -0.05) is 42.0 Å². The molecule has 0 atom stereocenters. The third kappa shape index (κ3) is 4.09. The quantitative estimate of drug-likeness (QED) is 0.546. The van der Waals surface area contributed by atoms with Crippen LogP contribution in [0.5, 0.6) is 0 Å². The van der Waals surface area contributed by atoms with E-state index >= 15 is 0 Å². The predicted molar refractivity (Wildman–Crippen MR) is 105 cm³/mol. The number of alkyl halides is 3. The molecule has 0 unspecified atom stereocenters. The molecule has 144 valence electrons. The Labute approximate surface area is 162 Å². The third-order valence-corrected chi connectivity index (χ3v) is 4.78. The third-order valence-electron chi connectivity index (χ3n) is 4.78. The maximum absolute atomic E-state index is 13.3. The number of hydrogen-bond acceptors (Lipinski definition) is 1. The van der Waals surface area contributed by atoms with E-state index in [1.165, 1.54) is 12.1 Å². The summed E-state index contributed by atoms with van der Waals surface area (Å²) in [7, 11) is 0. The van der Waals surface area contributed by atoms with Gasteiger partial charge in [0.25, 0.3) is 5.91 Å². The maximum Gasteiger partial charge on any atom is 0.417 e. The van der Waals surface area contributed by atoms with Gasteiger partial charge < -0.3 is 5.32 Å². The fraction of sp³-hybridized carbons (Fsp3) is 0.174. The molecule has 0 aliphatic rings. The van der Waals surface area contributed by atoms with Gasteiger partial charge in [-0.2, -0.15) is 13.2 Å². The molecule has 0 aromatic heterocycles. The van der Waals surface area contributed by atoms with Crippen LogP contribution in [-0.2, 0) is 6.18 Å². The first-order valence-corrected chi connectivity index (χ1v) is 8.82. The summed E-state index contributed by atoms with van der Waals surface area (Å²) in [6, 6.07) is 16.0. The Kier molecular flexibility index (Phi) is 5.27. The second kappa shape index (κ2) is 7.50. The second-order valence-corrected chi connectivity index (χ2v) is 6.83. The molecule has 3 aromatic rings. The van der Waals surface area contributed by atoms with Crippen molar-refractivity contribution in [2.45, 2.75) is 26.9 Å². The Hall–Kier alpha value is -3.08. The summed E-state index contributed by atoms with van der Waals surface area (Å²) in [5.41, 5.74) is 3.65. The lowest BCUT2D eigenvalue weighted by molar-refractivity contribution is -0.137. The van der Waals surface area contributed by atoms with Gasteiger partial charge >= 0.3 is 6.18 Å². The van der Waals surface area contributed by atoms with Crippen LogP contribution in [0.4, 0.5) is 18.9 Å². The van der Waals surface area contributed by atoms with Crippen molar-refractivity contribution in [1.29, 1.82) is 0 Å². The van der Waals surface area contributed by atoms with E-state index in [2.05, 4.69) is 5.32 Å². The van der Waals surface area contributed by atoms with Gasteiger partial charge in [0.1, 0.15) is 0 Å². The van der Waals surface area contributed by atoms with E-state index in [9.17, 15) is 18.0 Å². The minimum Gasteiger partial charge on any atom is -0.322 e. The van der Waals surface area contributed by atoms with E-state index in [0.717, 1.165) is 22.8 Å². The summed E-state index contributed by atoms with van der Waals surface area (Å²) < 4.78 is 40.0. The minimum absolute atomic E-state index is 0.125. The first-order chi connectivity index (χ1) is 13.2. The SMILES string of the molecule is Cc1ccc(C(F)(F)F)c(-c2ccc(NC(=O)c3cccc(C)c3C)cc2)c1. The molecule has 0 spiro atoms. The molecule has 1 amide bonds. The van der Waals surface area contributed by atoms with Crippen molar-refractivity contribution in [3.63, 3.8) is 0 Å². The summed E-state index contributed by atoms with van der Waals surface area (Å²) >= 11 is 0. The Morgan fingerprint density at radius 1 is 0.893 bits per heavy atom. The van der Waals surface area contributed by atoms with Gasteiger partial charge in [-0.05, 0) is 67.3 Å². The van der Waals surface area contributed by atoms with E-state index in [4.69, 9.17) is 0 Å². The average Bonchev–Trinajstić information content (AvgIpc) is 2.63. The molecule has 28 heavy (non-hydrogen) atoms. The number of amides is 1.